The number of hydrogen-bond acceptors (Lipinski definition) is 2. The number of benzene rings is 2. The lowest BCUT2D eigenvalue weighted by molar-refractivity contribution is -0.130. The third-order valence-electron chi connectivity index (χ3n) is 4.55. The Bertz CT molecular complexity index is 704. The van der Waals surface area contributed by atoms with Crippen LogP contribution in [0.15, 0.2) is 54.6 Å². The Morgan fingerprint density at radius 2 is 1.52 bits per heavy atom. The van der Waals surface area contributed by atoms with Gasteiger partial charge in [-0.1, -0.05) is 54.6 Å². The van der Waals surface area contributed by atoms with Crippen LogP contribution in [0.25, 0.3) is 11.1 Å². The third-order valence-corrected chi connectivity index (χ3v) is 4.55. The standard InChI is InChI=1S/C21H24N2O2/c24-20(22-13-12-21(25)23-14-4-5-15-23)16-17-8-10-19(11-9-17)18-6-2-1-3-7-18/h1-3,6-11H,4-5,12-16H2,(H,22,24). The highest BCUT2D eigenvalue weighted by Gasteiger charge is 2.17. The Balaban J connectivity index is 1.44. The average molecular weight is 336 g/mol. The highest BCUT2D eigenvalue weighted by molar-refractivity contribution is 5.80. The largest absolute Gasteiger partial charge is 0.355 e. The van der Waals surface area contributed by atoms with Crippen molar-refractivity contribution in [2.75, 3.05) is 19.6 Å². The maximum absolute atomic E-state index is 12.0. The molecule has 0 spiro atoms. The molecule has 130 valence electrons. The van der Waals surface area contributed by atoms with E-state index >= 15 is 0 Å². The summed E-state index contributed by atoms with van der Waals surface area (Å²) in [7, 11) is 0. The predicted octanol–water partition coefficient (Wildman–Crippen LogP) is 3.02. The van der Waals surface area contributed by atoms with Gasteiger partial charge >= 0.3 is 0 Å². The van der Waals surface area contributed by atoms with Gasteiger partial charge in [0.05, 0.1) is 6.42 Å². The average Bonchev–Trinajstić information content (AvgIpc) is 3.18. The van der Waals surface area contributed by atoms with Gasteiger partial charge in [0.2, 0.25) is 11.8 Å². The second-order valence-electron chi connectivity index (χ2n) is 6.43. The fraction of sp³-hybridized carbons (Fsp3) is 0.333. The number of nitrogens with zero attached hydrogens (tertiary/aromatic N) is 1. The molecule has 0 saturated carbocycles. The van der Waals surface area contributed by atoms with Crippen LogP contribution in [0.3, 0.4) is 0 Å². The van der Waals surface area contributed by atoms with E-state index in [1.54, 1.807) is 0 Å². The monoisotopic (exact) mass is 336 g/mol. The van der Waals surface area contributed by atoms with Gasteiger partial charge in [0.15, 0.2) is 0 Å². The number of carbonyl (C=O) groups excluding carboxylic acids is 2. The predicted molar refractivity (Wildman–Crippen MR) is 99.0 cm³/mol. The molecule has 25 heavy (non-hydrogen) atoms. The van der Waals surface area contributed by atoms with Gasteiger partial charge < -0.3 is 10.2 Å². The highest BCUT2D eigenvalue weighted by Crippen LogP contribution is 2.19. The summed E-state index contributed by atoms with van der Waals surface area (Å²) >= 11 is 0. The van der Waals surface area contributed by atoms with Crippen molar-refractivity contribution in [3.8, 4) is 11.1 Å². The quantitative estimate of drug-likeness (QED) is 0.881. The summed E-state index contributed by atoms with van der Waals surface area (Å²) in [6.45, 7) is 2.14. The van der Waals surface area contributed by atoms with Crippen molar-refractivity contribution in [2.24, 2.45) is 0 Å². The van der Waals surface area contributed by atoms with E-state index in [9.17, 15) is 9.59 Å². The number of likely N-dealkylation sites (tertiary alicyclic amines) is 1. The van der Waals surface area contributed by atoms with E-state index in [-0.39, 0.29) is 11.8 Å². The second kappa shape index (κ2) is 8.47. The van der Waals surface area contributed by atoms with E-state index in [1.807, 2.05) is 47.4 Å². The number of rotatable bonds is 6. The molecular formula is C21H24N2O2. The van der Waals surface area contributed by atoms with E-state index in [4.69, 9.17) is 0 Å². The fourth-order valence-corrected chi connectivity index (χ4v) is 3.13. The molecule has 0 atom stereocenters. The van der Waals surface area contributed by atoms with Crippen molar-refractivity contribution in [2.45, 2.75) is 25.7 Å². The Labute approximate surface area is 148 Å². The van der Waals surface area contributed by atoms with Crippen molar-refractivity contribution in [1.82, 2.24) is 10.2 Å². The molecule has 0 unspecified atom stereocenters. The van der Waals surface area contributed by atoms with Crippen LogP contribution in [0.5, 0.6) is 0 Å². The van der Waals surface area contributed by atoms with Crippen molar-refractivity contribution < 1.29 is 9.59 Å². The zero-order chi connectivity index (χ0) is 17.5. The van der Waals surface area contributed by atoms with Gasteiger partial charge in [0, 0.05) is 26.1 Å². The molecule has 2 aromatic carbocycles. The molecule has 1 N–H and O–H groups in total. The minimum Gasteiger partial charge on any atom is -0.355 e. The topological polar surface area (TPSA) is 49.4 Å². The molecule has 2 amide bonds. The number of amides is 2. The van der Waals surface area contributed by atoms with Crippen LogP contribution in [-0.4, -0.2) is 36.3 Å². The van der Waals surface area contributed by atoms with Crippen molar-refractivity contribution in [1.29, 1.82) is 0 Å². The van der Waals surface area contributed by atoms with Crippen LogP contribution >= 0.6 is 0 Å². The first kappa shape index (κ1) is 17.2. The summed E-state index contributed by atoms with van der Waals surface area (Å²) in [6, 6.07) is 18.2. The van der Waals surface area contributed by atoms with Crippen molar-refractivity contribution in [3.63, 3.8) is 0 Å². The molecule has 2 aromatic rings. The van der Waals surface area contributed by atoms with Crippen LogP contribution in [0.2, 0.25) is 0 Å². The zero-order valence-corrected chi connectivity index (χ0v) is 14.4. The Morgan fingerprint density at radius 1 is 0.880 bits per heavy atom. The van der Waals surface area contributed by atoms with E-state index in [2.05, 4.69) is 17.4 Å². The van der Waals surface area contributed by atoms with Gasteiger partial charge in [-0.3, -0.25) is 9.59 Å². The molecule has 0 aliphatic carbocycles. The van der Waals surface area contributed by atoms with Crippen molar-refractivity contribution >= 4 is 11.8 Å². The molecular weight excluding hydrogens is 312 g/mol. The van der Waals surface area contributed by atoms with Crippen LogP contribution in [0.4, 0.5) is 0 Å². The summed E-state index contributed by atoms with van der Waals surface area (Å²) in [6.07, 6.45) is 2.92. The SMILES string of the molecule is O=C(Cc1ccc(-c2ccccc2)cc1)NCCC(=O)N1CCCC1. The maximum atomic E-state index is 12.0. The van der Waals surface area contributed by atoms with Crippen LogP contribution < -0.4 is 5.32 Å². The minimum atomic E-state index is -0.0401. The number of hydrogen-bond donors (Lipinski definition) is 1. The highest BCUT2D eigenvalue weighted by atomic mass is 16.2. The molecule has 0 radical (unpaired) electrons. The molecule has 4 nitrogen and oxygen atoms in total. The maximum Gasteiger partial charge on any atom is 0.224 e. The van der Waals surface area contributed by atoms with E-state index in [0.717, 1.165) is 37.1 Å². The second-order valence-corrected chi connectivity index (χ2v) is 6.43. The first-order chi connectivity index (χ1) is 12.2. The lowest BCUT2D eigenvalue weighted by Crippen LogP contribution is -2.33. The third kappa shape index (κ3) is 4.92. The van der Waals surface area contributed by atoms with Crippen LogP contribution in [0.1, 0.15) is 24.8 Å². The summed E-state index contributed by atoms with van der Waals surface area (Å²) in [5.74, 6) is 0.103. The summed E-state index contributed by atoms with van der Waals surface area (Å²) < 4.78 is 0. The first-order valence-electron chi connectivity index (χ1n) is 8.91. The van der Waals surface area contributed by atoms with E-state index in [1.165, 1.54) is 5.56 Å². The molecule has 1 heterocycles. The number of carbonyl (C=O) groups is 2. The Kier molecular flexibility index (Phi) is 5.83. The van der Waals surface area contributed by atoms with Gasteiger partial charge in [-0.25, -0.2) is 0 Å². The summed E-state index contributed by atoms with van der Waals surface area (Å²) in [4.78, 5) is 25.8. The molecule has 4 heteroatoms. The molecule has 0 aromatic heterocycles. The lowest BCUT2D eigenvalue weighted by Gasteiger charge is -2.15. The number of nitrogens with one attached hydrogen (secondary N) is 1. The van der Waals surface area contributed by atoms with Gasteiger partial charge in [-0.05, 0) is 29.5 Å². The van der Waals surface area contributed by atoms with Gasteiger partial charge in [-0.2, -0.15) is 0 Å². The summed E-state index contributed by atoms with van der Waals surface area (Å²) in [5.41, 5.74) is 3.28. The lowest BCUT2D eigenvalue weighted by atomic mass is 10.0. The zero-order valence-electron chi connectivity index (χ0n) is 14.4. The van der Waals surface area contributed by atoms with Crippen molar-refractivity contribution in [3.05, 3.63) is 60.2 Å². The smallest absolute Gasteiger partial charge is 0.224 e. The van der Waals surface area contributed by atoms with Gasteiger partial charge in [0.25, 0.3) is 0 Å². The molecule has 1 aliphatic rings. The molecule has 0 bridgehead atoms. The fourth-order valence-electron chi connectivity index (χ4n) is 3.13. The Morgan fingerprint density at radius 3 is 2.20 bits per heavy atom. The van der Waals surface area contributed by atoms with Crippen LogP contribution in [0, 0.1) is 0 Å². The Hall–Kier alpha value is -2.62. The molecule has 1 fully saturated rings. The normalized spacial score (nSPS) is 13.7. The first-order valence-corrected chi connectivity index (χ1v) is 8.91. The van der Waals surface area contributed by atoms with Gasteiger partial charge in [-0.15, -0.1) is 0 Å². The molecule has 1 aliphatic heterocycles. The summed E-state index contributed by atoms with van der Waals surface area (Å²) in [5, 5.41) is 2.85. The minimum absolute atomic E-state index is 0.0401. The molecule has 1 saturated heterocycles. The van der Waals surface area contributed by atoms with E-state index < -0.39 is 0 Å². The molecule has 3 rings (SSSR count). The van der Waals surface area contributed by atoms with E-state index in [0.29, 0.717) is 19.4 Å². The van der Waals surface area contributed by atoms with Gasteiger partial charge in [0.1, 0.15) is 0 Å². The van der Waals surface area contributed by atoms with Crippen LogP contribution in [-0.2, 0) is 16.0 Å².